The average Bonchev–Trinajstić information content (AvgIpc) is 3.15. The van der Waals surface area contributed by atoms with Gasteiger partial charge in [-0.15, -0.1) is 10.2 Å². The maximum Gasteiger partial charge on any atom is 0.230 e. The van der Waals surface area contributed by atoms with E-state index in [1.807, 2.05) is 10.6 Å². The van der Waals surface area contributed by atoms with Crippen LogP contribution >= 0.6 is 11.8 Å². The maximum atomic E-state index is 12.3. The molecular formula is C21H31N5OS. The predicted molar refractivity (Wildman–Crippen MR) is 113 cm³/mol. The number of aromatic nitrogens is 3. The van der Waals surface area contributed by atoms with Gasteiger partial charge in [0, 0.05) is 25.7 Å². The van der Waals surface area contributed by atoms with Crippen LogP contribution in [0.1, 0.15) is 50.8 Å². The molecule has 1 aliphatic heterocycles. The van der Waals surface area contributed by atoms with Crippen LogP contribution in [0.2, 0.25) is 0 Å². The van der Waals surface area contributed by atoms with Crippen molar-refractivity contribution in [2.75, 3.05) is 18.8 Å². The summed E-state index contributed by atoms with van der Waals surface area (Å²) in [6.45, 7) is 10.3. The lowest BCUT2D eigenvalue weighted by Crippen LogP contribution is -2.34. The van der Waals surface area contributed by atoms with E-state index >= 15 is 0 Å². The fraction of sp³-hybridized carbons (Fsp3) is 0.571. The van der Waals surface area contributed by atoms with E-state index in [1.165, 1.54) is 35.7 Å². The normalized spacial score (nSPS) is 17.8. The van der Waals surface area contributed by atoms with E-state index in [0.717, 1.165) is 30.7 Å². The summed E-state index contributed by atoms with van der Waals surface area (Å²) in [5.41, 5.74) is 2.51. The average molecular weight is 402 g/mol. The Morgan fingerprint density at radius 2 is 2.11 bits per heavy atom. The molecule has 3 rings (SSSR count). The topological polar surface area (TPSA) is 63.1 Å². The van der Waals surface area contributed by atoms with Crippen LogP contribution in [-0.4, -0.2) is 44.4 Å². The van der Waals surface area contributed by atoms with Crippen molar-refractivity contribution in [3.05, 3.63) is 41.7 Å². The van der Waals surface area contributed by atoms with Crippen molar-refractivity contribution in [1.29, 1.82) is 0 Å². The van der Waals surface area contributed by atoms with Crippen LogP contribution < -0.4 is 5.32 Å². The summed E-state index contributed by atoms with van der Waals surface area (Å²) in [6.07, 6.45) is 4.32. The first-order valence-corrected chi connectivity index (χ1v) is 11.1. The van der Waals surface area contributed by atoms with E-state index in [0.29, 0.717) is 12.3 Å². The van der Waals surface area contributed by atoms with Gasteiger partial charge in [0.2, 0.25) is 5.91 Å². The molecule has 28 heavy (non-hydrogen) atoms. The third-order valence-electron chi connectivity index (χ3n) is 5.16. The first-order chi connectivity index (χ1) is 13.5. The third-order valence-corrected chi connectivity index (χ3v) is 6.12. The Balaban J connectivity index is 1.51. The number of carbonyl (C=O) groups excluding carboxylic acids is 1. The van der Waals surface area contributed by atoms with Crippen molar-refractivity contribution in [3.63, 3.8) is 0 Å². The number of amides is 1. The van der Waals surface area contributed by atoms with Gasteiger partial charge in [-0.05, 0) is 50.3 Å². The van der Waals surface area contributed by atoms with E-state index in [-0.39, 0.29) is 11.9 Å². The second-order valence-electron chi connectivity index (χ2n) is 7.93. The number of benzene rings is 1. The van der Waals surface area contributed by atoms with E-state index in [4.69, 9.17) is 0 Å². The Labute approximate surface area is 172 Å². The Hall–Kier alpha value is -1.86. The summed E-state index contributed by atoms with van der Waals surface area (Å²) in [5.74, 6) is 1.13. The number of hydrogen-bond acceptors (Lipinski definition) is 5. The molecule has 1 amide bonds. The minimum Gasteiger partial charge on any atom is -0.351 e. The van der Waals surface area contributed by atoms with Crippen LogP contribution in [-0.2, 0) is 17.9 Å². The van der Waals surface area contributed by atoms with Crippen LogP contribution in [0.15, 0.2) is 35.7 Å². The van der Waals surface area contributed by atoms with Crippen LogP contribution in [0.4, 0.5) is 0 Å². The monoisotopic (exact) mass is 401 g/mol. The molecule has 1 N–H and O–H groups in total. The molecule has 1 unspecified atom stereocenters. The van der Waals surface area contributed by atoms with Crippen LogP contribution in [0, 0.1) is 5.92 Å². The number of hydrogen-bond donors (Lipinski definition) is 1. The van der Waals surface area contributed by atoms with E-state index in [9.17, 15) is 4.79 Å². The molecule has 1 fully saturated rings. The highest BCUT2D eigenvalue weighted by molar-refractivity contribution is 7.99. The highest BCUT2D eigenvalue weighted by Crippen LogP contribution is 2.20. The molecule has 1 aliphatic rings. The molecule has 0 bridgehead atoms. The smallest absolute Gasteiger partial charge is 0.230 e. The van der Waals surface area contributed by atoms with Crippen molar-refractivity contribution < 1.29 is 4.79 Å². The molecule has 2 aromatic rings. The summed E-state index contributed by atoms with van der Waals surface area (Å²) in [4.78, 5) is 14.9. The highest BCUT2D eigenvalue weighted by atomic mass is 32.2. The van der Waals surface area contributed by atoms with Crippen molar-refractivity contribution in [2.24, 2.45) is 5.92 Å². The van der Waals surface area contributed by atoms with Gasteiger partial charge < -0.3 is 9.88 Å². The Morgan fingerprint density at radius 1 is 1.32 bits per heavy atom. The van der Waals surface area contributed by atoms with E-state index < -0.39 is 0 Å². The number of nitrogens with zero attached hydrogens (tertiary/aromatic N) is 4. The van der Waals surface area contributed by atoms with Gasteiger partial charge in [-0.25, -0.2) is 0 Å². The lowest BCUT2D eigenvalue weighted by Gasteiger charge is -2.31. The zero-order valence-corrected chi connectivity index (χ0v) is 17.9. The minimum atomic E-state index is 0.0182. The molecule has 1 atom stereocenters. The van der Waals surface area contributed by atoms with Crippen molar-refractivity contribution >= 4 is 17.7 Å². The van der Waals surface area contributed by atoms with Gasteiger partial charge in [0.1, 0.15) is 6.33 Å². The predicted octanol–water partition coefficient (Wildman–Crippen LogP) is 3.50. The number of rotatable bonds is 8. The van der Waals surface area contributed by atoms with Gasteiger partial charge >= 0.3 is 0 Å². The number of likely N-dealkylation sites (tertiary alicyclic amines) is 1. The Morgan fingerprint density at radius 3 is 2.86 bits per heavy atom. The van der Waals surface area contributed by atoms with Gasteiger partial charge in [0.15, 0.2) is 5.16 Å². The van der Waals surface area contributed by atoms with E-state index in [1.54, 1.807) is 6.33 Å². The molecule has 0 aliphatic carbocycles. The third kappa shape index (κ3) is 5.82. The molecular weight excluding hydrogens is 370 g/mol. The lowest BCUT2D eigenvalue weighted by atomic mass is 9.99. The molecule has 2 heterocycles. The molecule has 1 aromatic heterocycles. The molecule has 6 nitrogen and oxygen atoms in total. The Kier molecular flexibility index (Phi) is 7.50. The lowest BCUT2D eigenvalue weighted by molar-refractivity contribution is -0.118. The SMILES string of the molecule is CC1CCCN(Cc2ccccc2CNC(=O)CSc2nncn2C(C)C)C1. The highest BCUT2D eigenvalue weighted by Gasteiger charge is 2.17. The Bertz CT molecular complexity index is 776. The molecule has 0 radical (unpaired) electrons. The molecule has 0 saturated carbocycles. The summed E-state index contributed by atoms with van der Waals surface area (Å²) >= 11 is 1.43. The molecule has 0 spiro atoms. The quantitative estimate of drug-likeness (QED) is 0.686. The summed E-state index contributed by atoms with van der Waals surface area (Å²) < 4.78 is 1.98. The summed E-state index contributed by atoms with van der Waals surface area (Å²) in [7, 11) is 0. The fourth-order valence-electron chi connectivity index (χ4n) is 3.62. The van der Waals surface area contributed by atoms with Crippen LogP contribution in [0.25, 0.3) is 0 Å². The van der Waals surface area contributed by atoms with Gasteiger partial charge in [0.05, 0.1) is 5.75 Å². The zero-order valence-electron chi connectivity index (χ0n) is 17.1. The summed E-state index contributed by atoms with van der Waals surface area (Å²) in [5, 5.41) is 11.9. The summed E-state index contributed by atoms with van der Waals surface area (Å²) in [6, 6.07) is 8.71. The molecule has 7 heteroatoms. The number of nitrogens with one attached hydrogen (secondary N) is 1. The van der Waals surface area contributed by atoms with Crippen molar-refractivity contribution in [3.8, 4) is 0 Å². The minimum absolute atomic E-state index is 0.0182. The second kappa shape index (κ2) is 10.1. The maximum absolute atomic E-state index is 12.3. The first kappa shape index (κ1) is 20.9. The molecule has 1 aromatic carbocycles. The van der Waals surface area contributed by atoms with Gasteiger partial charge in [-0.1, -0.05) is 43.0 Å². The largest absolute Gasteiger partial charge is 0.351 e. The molecule has 152 valence electrons. The van der Waals surface area contributed by atoms with Crippen LogP contribution in [0.5, 0.6) is 0 Å². The van der Waals surface area contributed by atoms with Gasteiger partial charge in [-0.3, -0.25) is 9.69 Å². The van der Waals surface area contributed by atoms with Crippen LogP contribution in [0.3, 0.4) is 0 Å². The fourth-order valence-corrected chi connectivity index (χ4v) is 4.49. The van der Waals surface area contributed by atoms with Crippen molar-refractivity contribution in [1.82, 2.24) is 25.0 Å². The standard InChI is InChI=1S/C21H31N5OS/c1-16(2)26-15-23-24-21(26)28-14-20(27)22-11-18-8-4-5-9-19(18)13-25-10-6-7-17(3)12-25/h4-5,8-9,15-17H,6-7,10-14H2,1-3H3,(H,22,27). The van der Waals surface area contributed by atoms with Crippen molar-refractivity contribution in [2.45, 2.75) is 57.9 Å². The first-order valence-electron chi connectivity index (χ1n) is 10.1. The zero-order chi connectivity index (χ0) is 19.9. The number of piperidine rings is 1. The molecule has 1 saturated heterocycles. The number of carbonyl (C=O) groups is 1. The second-order valence-corrected chi connectivity index (χ2v) is 8.87. The van der Waals surface area contributed by atoms with E-state index in [2.05, 4.69) is 59.4 Å². The van der Waals surface area contributed by atoms with Gasteiger partial charge in [-0.2, -0.15) is 0 Å². The number of thioether (sulfide) groups is 1. The van der Waals surface area contributed by atoms with Gasteiger partial charge in [0.25, 0.3) is 0 Å².